The Morgan fingerprint density at radius 1 is 0.833 bits per heavy atom. The van der Waals surface area contributed by atoms with Gasteiger partial charge in [0.25, 0.3) is 5.91 Å². The third-order valence-corrected chi connectivity index (χ3v) is 4.91. The summed E-state index contributed by atoms with van der Waals surface area (Å²) in [7, 11) is 4.51. The van der Waals surface area contributed by atoms with Crippen molar-refractivity contribution in [2.24, 2.45) is 0 Å². The number of ether oxygens (including phenoxy) is 3. The van der Waals surface area contributed by atoms with E-state index in [4.69, 9.17) is 14.2 Å². The molecule has 2 aromatic carbocycles. The summed E-state index contributed by atoms with van der Waals surface area (Å²) < 4.78 is 15.3. The molecule has 30 heavy (non-hydrogen) atoms. The van der Waals surface area contributed by atoms with Crippen LogP contribution in [-0.2, 0) is 16.0 Å². The Morgan fingerprint density at radius 3 is 2.07 bits per heavy atom. The number of methoxy groups -OCH3 is 3. The third-order valence-electron chi connectivity index (χ3n) is 4.91. The van der Waals surface area contributed by atoms with E-state index in [0.29, 0.717) is 43.0 Å². The lowest BCUT2D eigenvalue weighted by Crippen LogP contribution is -2.33. The van der Waals surface area contributed by atoms with Gasteiger partial charge in [0.05, 0.1) is 21.3 Å². The number of carbonyl (C=O) groups excluding carboxylic acids is 2. The molecule has 0 aliphatic carbocycles. The zero-order valence-corrected chi connectivity index (χ0v) is 18.1. The number of amides is 1. The summed E-state index contributed by atoms with van der Waals surface area (Å²) in [6, 6.07) is 15.4. The molecular formula is C24H31NO5. The second kappa shape index (κ2) is 12.5. The van der Waals surface area contributed by atoms with Crippen LogP contribution in [0.2, 0.25) is 0 Å². The fourth-order valence-corrected chi connectivity index (χ4v) is 3.22. The molecule has 0 heterocycles. The van der Waals surface area contributed by atoms with E-state index in [9.17, 15) is 9.59 Å². The van der Waals surface area contributed by atoms with Gasteiger partial charge in [-0.3, -0.25) is 9.59 Å². The highest BCUT2D eigenvalue weighted by atomic mass is 16.5. The van der Waals surface area contributed by atoms with E-state index in [0.717, 1.165) is 19.3 Å². The molecule has 0 aromatic heterocycles. The molecule has 2 aromatic rings. The first kappa shape index (κ1) is 23.3. The van der Waals surface area contributed by atoms with E-state index in [2.05, 4.69) is 12.1 Å². The second-order valence-electron chi connectivity index (χ2n) is 7.02. The lowest BCUT2D eigenvalue weighted by atomic mass is 10.1. The van der Waals surface area contributed by atoms with Gasteiger partial charge in [0.2, 0.25) is 0 Å². The molecule has 0 fully saturated rings. The number of rotatable bonds is 12. The van der Waals surface area contributed by atoms with Gasteiger partial charge in [-0.05, 0) is 43.4 Å². The number of aryl methyl sites for hydroxylation is 1. The molecule has 0 N–H and O–H groups in total. The van der Waals surface area contributed by atoms with Crippen LogP contribution in [0, 0.1) is 0 Å². The highest BCUT2D eigenvalue weighted by molar-refractivity contribution is 5.95. The quantitative estimate of drug-likeness (QED) is 0.387. The molecule has 0 radical (unpaired) electrons. The number of carbonyl (C=O) groups is 2. The van der Waals surface area contributed by atoms with Crippen molar-refractivity contribution in [3.63, 3.8) is 0 Å². The molecule has 0 spiro atoms. The first-order valence-electron chi connectivity index (χ1n) is 10.2. The van der Waals surface area contributed by atoms with Crippen molar-refractivity contribution in [3.05, 3.63) is 59.7 Å². The highest BCUT2D eigenvalue weighted by Crippen LogP contribution is 2.24. The Hall–Kier alpha value is -3.02. The van der Waals surface area contributed by atoms with E-state index in [1.54, 1.807) is 32.4 Å². The van der Waals surface area contributed by atoms with Crippen molar-refractivity contribution < 1.29 is 23.8 Å². The average Bonchev–Trinajstić information content (AvgIpc) is 2.80. The van der Waals surface area contributed by atoms with Gasteiger partial charge in [0.1, 0.15) is 11.5 Å². The van der Waals surface area contributed by atoms with E-state index < -0.39 is 0 Å². The predicted octanol–water partition coefficient (Wildman–Crippen LogP) is 4.12. The van der Waals surface area contributed by atoms with Crippen LogP contribution >= 0.6 is 0 Å². The molecule has 0 aliphatic rings. The SMILES string of the molecule is COC(=O)CCCCN(CCCc1ccccc1)C(=O)c1cc(OC)cc(OC)c1. The van der Waals surface area contributed by atoms with Gasteiger partial charge in [0, 0.05) is 31.1 Å². The molecule has 0 unspecified atom stereocenters. The maximum atomic E-state index is 13.2. The molecule has 2 rings (SSSR count). The van der Waals surface area contributed by atoms with Crippen molar-refractivity contribution in [1.29, 1.82) is 0 Å². The Kier molecular flexibility index (Phi) is 9.71. The maximum absolute atomic E-state index is 13.2. The summed E-state index contributed by atoms with van der Waals surface area (Å²) >= 11 is 0. The molecule has 0 atom stereocenters. The van der Waals surface area contributed by atoms with Crippen LogP contribution in [0.25, 0.3) is 0 Å². The van der Waals surface area contributed by atoms with Crippen LogP contribution in [0.3, 0.4) is 0 Å². The minimum Gasteiger partial charge on any atom is -0.497 e. The predicted molar refractivity (Wildman–Crippen MR) is 116 cm³/mol. The van der Waals surface area contributed by atoms with E-state index in [1.807, 2.05) is 23.1 Å². The van der Waals surface area contributed by atoms with Gasteiger partial charge >= 0.3 is 5.97 Å². The zero-order valence-electron chi connectivity index (χ0n) is 18.1. The minimum atomic E-state index is -0.227. The molecule has 0 saturated carbocycles. The van der Waals surface area contributed by atoms with Gasteiger partial charge in [0.15, 0.2) is 0 Å². The van der Waals surface area contributed by atoms with Crippen LogP contribution in [0.4, 0.5) is 0 Å². The summed E-state index contributed by atoms with van der Waals surface area (Å²) in [6.45, 7) is 1.20. The molecule has 6 heteroatoms. The van der Waals surface area contributed by atoms with Crippen molar-refractivity contribution in [1.82, 2.24) is 4.90 Å². The Labute approximate surface area is 178 Å². The minimum absolute atomic E-state index is 0.0710. The fraction of sp³-hybridized carbons (Fsp3) is 0.417. The smallest absolute Gasteiger partial charge is 0.305 e. The van der Waals surface area contributed by atoms with Crippen LogP contribution in [-0.4, -0.2) is 51.2 Å². The fourth-order valence-electron chi connectivity index (χ4n) is 3.22. The largest absolute Gasteiger partial charge is 0.497 e. The first-order valence-corrected chi connectivity index (χ1v) is 10.2. The van der Waals surface area contributed by atoms with Gasteiger partial charge in [-0.1, -0.05) is 30.3 Å². The average molecular weight is 414 g/mol. The maximum Gasteiger partial charge on any atom is 0.305 e. The van der Waals surface area contributed by atoms with Gasteiger partial charge in [-0.15, -0.1) is 0 Å². The first-order chi connectivity index (χ1) is 14.6. The Balaban J connectivity index is 2.06. The number of nitrogens with zero attached hydrogens (tertiary/aromatic N) is 1. The summed E-state index contributed by atoms with van der Waals surface area (Å²) in [5.74, 6) is 0.855. The number of esters is 1. The van der Waals surface area contributed by atoms with Crippen LogP contribution in [0.1, 0.15) is 41.6 Å². The van der Waals surface area contributed by atoms with Crippen LogP contribution < -0.4 is 9.47 Å². The number of unbranched alkanes of at least 4 members (excludes halogenated alkanes) is 1. The standard InChI is InChI=1S/C24H31NO5/c1-28-21-16-20(17-22(18-21)29-2)24(27)25(14-8-7-13-23(26)30-3)15-9-12-19-10-5-4-6-11-19/h4-6,10-11,16-18H,7-9,12-15H2,1-3H3. The van der Waals surface area contributed by atoms with Crippen molar-refractivity contribution in [2.45, 2.75) is 32.1 Å². The molecular weight excluding hydrogens is 382 g/mol. The van der Waals surface area contributed by atoms with E-state index in [-0.39, 0.29) is 11.9 Å². The van der Waals surface area contributed by atoms with Gasteiger partial charge < -0.3 is 19.1 Å². The molecule has 1 amide bonds. The third kappa shape index (κ3) is 7.43. The van der Waals surface area contributed by atoms with E-state index in [1.165, 1.54) is 12.7 Å². The molecule has 6 nitrogen and oxygen atoms in total. The van der Waals surface area contributed by atoms with Crippen molar-refractivity contribution in [3.8, 4) is 11.5 Å². The Morgan fingerprint density at radius 2 is 1.47 bits per heavy atom. The molecule has 0 aliphatic heterocycles. The summed E-state index contributed by atoms with van der Waals surface area (Å²) in [4.78, 5) is 26.4. The lowest BCUT2D eigenvalue weighted by molar-refractivity contribution is -0.140. The lowest BCUT2D eigenvalue weighted by Gasteiger charge is -2.23. The normalized spacial score (nSPS) is 10.4. The zero-order chi connectivity index (χ0) is 21.8. The Bertz CT molecular complexity index is 784. The number of hydrogen-bond donors (Lipinski definition) is 0. The monoisotopic (exact) mass is 413 g/mol. The van der Waals surface area contributed by atoms with Crippen molar-refractivity contribution >= 4 is 11.9 Å². The molecule has 0 bridgehead atoms. The van der Waals surface area contributed by atoms with Crippen molar-refractivity contribution in [2.75, 3.05) is 34.4 Å². The van der Waals surface area contributed by atoms with E-state index >= 15 is 0 Å². The highest BCUT2D eigenvalue weighted by Gasteiger charge is 2.18. The molecule has 162 valence electrons. The number of hydrogen-bond acceptors (Lipinski definition) is 5. The van der Waals surface area contributed by atoms with Gasteiger partial charge in [-0.25, -0.2) is 0 Å². The number of benzene rings is 2. The molecule has 0 saturated heterocycles. The topological polar surface area (TPSA) is 65.1 Å². The summed E-state index contributed by atoms with van der Waals surface area (Å²) in [6.07, 6.45) is 3.52. The summed E-state index contributed by atoms with van der Waals surface area (Å²) in [5.41, 5.74) is 1.78. The van der Waals surface area contributed by atoms with Crippen LogP contribution in [0.5, 0.6) is 11.5 Å². The summed E-state index contributed by atoms with van der Waals surface area (Å²) in [5, 5.41) is 0. The van der Waals surface area contributed by atoms with Gasteiger partial charge in [-0.2, -0.15) is 0 Å². The van der Waals surface area contributed by atoms with Crippen LogP contribution in [0.15, 0.2) is 48.5 Å². The second-order valence-corrected chi connectivity index (χ2v) is 7.02.